The van der Waals surface area contributed by atoms with Crippen LogP contribution >= 0.6 is 23.1 Å². The number of nitro benzene ring substituents is 1. The number of nitrogens with one attached hydrogen (secondary N) is 1. The Labute approximate surface area is 157 Å². The molecule has 3 aromatic rings. The number of ether oxygens (including phenoxy) is 1. The minimum Gasteiger partial charge on any atom is -0.494 e. The summed E-state index contributed by atoms with van der Waals surface area (Å²) >= 11 is 2.69. The highest BCUT2D eigenvalue weighted by Crippen LogP contribution is 2.36. The van der Waals surface area contributed by atoms with Crippen LogP contribution in [-0.2, 0) is 10.5 Å². The van der Waals surface area contributed by atoms with Crippen molar-refractivity contribution in [3.63, 3.8) is 0 Å². The monoisotopic (exact) mass is 389 g/mol. The lowest BCUT2D eigenvalue weighted by atomic mass is 10.2. The van der Waals surface area contributed by atoms with Crippen molar-refractivity contribution in [3.05, 3.63) is 58.1 Å². The summed E-state index contributed by atoms with van der Waals surface area (Å²) in [6.45, 7) is 0. The third-order valence-electron chi connectivity index (χ3n) is 3.47. The van der Waals surface area contributed by atoms with Crippen LogP contribution in [0.3, 0.4) is 0 Å². The van der Waals surface area contributed by atoms with Crippen LogP contribution in [0.4, 0.5) is 10.8 Å². The molecule has 0 radical (unpaired) electrons. The molecule has 1 amide bonds. The predicted octanol–water partition coefficient (Wildman–Crippen LogP) is 4.09. The van der Waals surface area contributed by atoms with E-state index in [9.17, 15) is 14.9 Å². The second-order valence-corrected chi connectivity index (χ2v) is 7.31. The molecule has 1 heterocycles. The number of non-ortho nitro benzene ring substituents is 1. The maximum absolute atomic E-state index is 12.1. The molecule has 0 aliphatic rings. The van der Waals surface area contributed by atoms with Crippen LogP contribution < -0.4 is 10.1 Å². The van der Waals surface area contributed by atoms with Crippen molar-refractivity contribution in [2.75, 3.05) is 18.2 Å². The predicted molar refractivity (Wildman–Crippen MR) is 104 cm³/mol. The second-order valence-electron chi connectivity index (χ2n) is 5.30. The first-order chi connectivity index (χ1) is 12.6. The van der Waals surface area contributed by atoms with E-state index < -0.39 is 4.92 Å². The largest absolute Gasteiger partial charge is 0.494 e. The molecule has 0 atom stereocenters. The number of hydrogen-bond acceptors (Lipinski definition) is 7. The molecule has 9 heteroatoms. The quantitative estimate of drug-likeness (QED) is 0.483. The Morgan fingerprint density at radius 1 is 1.35 bits per heavy atom. The van der Waals surface area contributed by atoms with Crippen LogP contribution in [0.5, 0.6) is 5.75 Å². The number of rotatable bonds is 7. The summed E-state index contributed by atoms with van der Waals surface area (Å²) in [7, 11) is 1.43. The van der Waals surface area contributed by atoms with E-state index in [4.69, 9.17) is 4.74 Å². The topological polar surface area (TPSA) is 94.4 Å². The van der Waals surface area contributed by atoms with Crippen molar-refractivity contribution in [1.82, 2.24) is 4.98 Å². The van der Waals surface area contributed by atoms with E-state index in [-0.39, 0.29) is 11.6 Å². The van der Waals surface area contributed by atoms with Gasteiger partial charge in [-0.1, -0.05) is 41.7 Å². The number of fused-ring (bicyclic) bond motifs is 1. The maximum atomic E-state index is 12.1. The minimum atomic E-state index is -0.486. The van der Waals surface area contributed by atoms with Crippen molar-refractivity contribution >= 4 is 50.0 Å². The van der Waals surface area contributed by atoms with Gasteiger partial charge in [0.1, 0.15) is 5.52 Å². The Balaban J connectivity index is 1.66. The Morgan fingerprint density at radius 3 is 2.81 bits per heavy atom. The maximum Gasteiger partial charge on any atom is 0.274 e. The molecule has 7 nitrogen and oxygen atoms in total. The highest BCUT2D eigenvalue weighted by atomic mass is 32.2. The number of nitrogens with zero attached hydrogens (tertiary/aromatic N) is 2. The third kappa shape index (κ3) is 4.30. The lowest BCUT2D eigenvalue weighted by Gasteiger charge is -2.02. The van der Waals surface area contributed by atoms with E-state index in [1.54, 1.807) is 0 Å². The van der Waals surface area contributed by atoms with Crippen molar-refractivity contribution in [2.45, 2.75) is 5.75 Å². The normalized spacial score (nSPS) is 10.7. The van der Waals surface area contributed by atoms with E-state index >= 15 is 0 Å². The van der Waals surface area contributed by atoms with Gasteiger partial charge in [0.2, 0.25) is 5.91 Å². The van der Waals surface area contributed by atoms with Crippen LogP contribution in [0, 0.1) is 10.1 Å². The molecule has 0 unspecified atom stereocenters. The summed E-state index contributed by atoms with van der Waals surface area (Å²) in [6, 6.07) is 12.6. The summed E-state index contributed by atoms with van der Waals surface area (Å²) in [6.07, 6.45) is 0. The summed E-state index contributed by atoms with van der Waals surface area (Å²) in [5.74, 6) is 1.18. The van der Waals surface area contributed by atoms with Gasteiger partial charge in [0, 0.05) is 11.8 Å². The fourth-order valence-corrected chi connectivity index (χ4v) is 4.01. The molecule has 0 fully saturated rings. The van der Waals surface area contributed by atoms with Gasteiger partial charge in [-0.2, -0.15) is 0 Å². The molecule has 0 saturated carbocycles. The molecule has 1 aromatic heterocycles. The van der Waals surface area contributed by atoms with E-state index in [2.05, 4.69) is 10.3 Å². The molecule has 1 N–H and O–H groups in total. The fourth-order valence-electron chi connectivity index (χ4n) is 2.29. The second kappa shape index (κ2) is 8.15. The Hall–Kier alpha value is -2.65. The summed E-state index contributed by atoms with van der Waals surface area (Å²) in [4.78, 5) is 26.9. The van der Waals surface area contributed by atoms with Crippen LogP contribution in [0.15, 0.2) is 42.5 Å². The SMILES string of the molecule is COc1cc([N+](=O)[O-])cc2sc(NC(=O)CSCc3ccccc3)nc12. The standard InChI is InChI=1S/C17H15N3O4S2/c1-24-13-7-12(20(22)23)8-14-16(13)19-17(26-14)18-15(21)10-25-9-11-5-3-2-4-6-11/h2-8H,9-10H2,1H3,(H,18,19,21). The molecule has 0 spiro atoms. The van der Waals surface area contributed by atoms with Gasteiger partial charge in [0.25, 0.3) is 5.69 Å². The van der Waals surface area contributed by atoms with Gasteiger partial charge >= 0.3 is 0 Å². The van der Waals surface area contributed by atoms with Gasteiger partial charge in [-0.15, -0.1) is 11.8 Å². The Kier molecular flexibility index (Phi) is 5.69. The van der Waals surface area contributed by atoms with Crippen LogP contribution in [-0.4, -0.2) is 28.7 Å². The highest BCUT2D eigenvalue weighted by Gasteiger charge is 2.17. The molecule has 26 heavy (non-hydrogen) atoms. The number of methoxy groups -OCH3 is 1. The molecule has 0 saturated heterocycles. The first kappa shape index (κ1) is 18.2. The Bertz CT molecular complexity index is 944. The van der Waals surface area contributed by atoms with E-state index in [1.165, 1.54) is 42.3 Å². The van der Waals surface area contributed by atoms with Crippen LogP contribution in [0.2, 0.25) is 0 Å². The summed E-state index contributed by atoms with van der Waals surface area (Å²) in [5, 5.41) is 14.1. The van der Waals surface area contributed by atoms with E-state index in [0.29, 0.717) is 26.9 Å². The average Bonchev–Trinajstić information content (AvgIpc) is 3.03. The van der Waals surface area contributed by atoms with Crippen LogP contribution in [0.1, 0.15) is 5.56 Å². The number of nitro groups is 1. The lowest BCUT2D eigenvalue weighted by molar-refractivity contribution is -0.384. The first-order valence-corrected chi connectivity index (χ1v) is 9.58. The van der Waals surface area contributed by atoms with Crippen molar-refractivity contribution in [1.29, 1.82) is 0 Å². The molecule has 0 aliphatic heterocycles. The number of anilines is 1. The molecule has 2 aromatic carbocycles. The summed E-state index contributed by atoms with van der Waals surface area (Å²) in [5.41, 5.74) is 1.58. The van der Waals surface area contributed by atoms with Gasteiger partial charge in [0.15, 0.2) is 10.9 Å². The number of thiazole rings is 1. The van der Waals surface area contributed by atoms with Crippen molar-refractivity contribution in [2.24, 2.45) is 0 Å². The smallest absolute Gasteiger partial charge is 0.274 e. The number of aromatic nitrogens is 1. The number of benzene rings is 2. The third-order valence-corrected chi connectivity index (χ3v) is 5.39. The van der Waals surface area contributed by atoms with Crippen molar-refractivity contribution in [3.8, 4) is 5.75 Å². The van der Waals surface area contributed by atoms with Crippen molar-refractivity contribution < 1.29 is 14.5 Å². The van der Waals surface area contributed by atoms with Gasteiger partial charge in [-0.05, 0) is 5.56 Å². The number of hydrogen-bond donors (Lipinski definition) is 1. The number of carbonyl (C=O) groups excluding carboxylic acids is 1. The van der Waals surface area contributed by atoms with Gasteiger partial charge < -0.3 is 10.1 Å². The highest BCUT2D eigenvalue weighted by molar-refractivity contribution is 7.99. The zero-order chi connectivity index (χ0) is 18.5. The molecular formula is C17H15N3O4S2. The lowest BCUT2D eigenvalue weighted by Crippen LogP contribution is -2.13. The minimum absolute atomic E-state index is 0.0747. The molecule has 134 valence electrons. The average molecular weight is 389 g/mol. The van der Waals surface area contributed by atoms with Gasteiger partial charge in [0.05, 0.1) is 28.6 Å². The fraction of sp³-hybridized carbons (Fsp3) is 0.176. The Morgan fingerprint density at radius 2 is 2.12 bits per heavy atom. The number of carbonyl (C=O) groups is 1. The molecule has 3 rings (SSSR count). The van der Waals surface area contributed by atoms with Crippen LogP contribution in [0.25, 0.3) is 10.2 Å². The first-order valence-electron chi connectivity index (χ1n) is 7.61. The van der Waals surface area contributed by atoms with E-state index in [0.717, 1.165) is 11.3 Å². The van der Waals surface area contributed by atoms with E-state index in [1.807, 2.05) is 30.3 Å². The molecule has 0 aliphatic carbocycles. The van der Waals surface area contributed by atoms with Gasteiger partial charge in [-0.25, -0.2) is 4.98 Å². The molecular weight excluding hydrogens is 374 g/mol. The number of thioether (sulfide) groups is 1. The summed E-state index contributed by atoms with van der Waals surface area (Å²) < 4.78 is 5.76. The van der Waals surface area contributed by atoms with Gasteiger partial charge in [-0.3, -0.25) is 14.9 Å². The zero-order valence-electron chi connectivity index (χ0n) is 13.8. The molecule has 0 bridgehead atoms. The number of amides is 1. The zero-order valence-corrected chi connectivity index (χ0v) is 15.4.